The Balaban J connectivity index is 2.67. The fourth-order valence-electron chi connectivity index (χ4n) is 2.70. The van der Waals surface area contributed by atoms with Crippen molar-refractivity contribution in [2.75, 3.05) is 13.4 Å². The largest absolute Gasteiger partial charge is 0.467 e. The third kappa shape index (κ3) is 7.48. The normalized spacial score (nSPS) is 23.2. The number of hydrogen-bond acceptors (Lipinski definition) is 7. The number of methoxy groups -OCH3 is 1. The molecule has 1 saturated carbocycles. The van der Waals surface area contributed by atoms with Gasteiger partial charge in [0.15, 0.2) is 0 Å². The summed E-state index contributed by atoms with van der Waals surface area (Å²) in [5.74, 6) is -0.710. The minimum atomic E-state index is -3.50. The van der Waals surface area contributed by atoms with E-state index in [1.54, 1.807) is 20.8 Å². The molecule has 0 bridgehead atoms. The number of amides is 1. The molecule has 1 rings (SSSR count). The highest BCUT2D eigenvalue weighted by atomic mass is 32.2. The van der Waals surface area contributed by atoms with Gasteiger partial charge in [-0.1, -0.05) is 0 Å². The van der Waals surface area contributed by atoms with Gasteiger partial charge in [-0.05, 0) is 52.4 Å². The molecule has 1 aliphatic carbocycles. The van der Waals surface area contributed by atoms with E-state index in [2.05, 4.69) is 5.32 Å². The summed E-state index contributed by atoms with van der Waals surface area (Å²) in [6.45, 7) is 5.19. The van der Waals surface area contributed by atoms with Crippen molar-refractivity contribution in [2.45, 2.75) is 64.2 Å². The van der Waals surface area contributed by atoms with Crippen LogP contribution in [0.15, 0.2) is 0 Å². The lowest BCUT2D eigenvalue weighted by molar-refractivity contribution is -0.145. The SMILES string of the molecule is COC(=O)[C@H](NC(=O)OC(C)(C)C)C1CCC(OS(C)(=O)=O)CC1. The van der Waals surface area contributed by atoms with Gasteiger partial charge in [0.1, 0.15) is 11.6 Å². The third-order valence-corrected chi connectivity index (χ3v) is 4.25. The Morgan fingerprint density at radius 2 is 1.67 bits per heavy atom. The van der Waals surface area contributed by atoms with Gasteiger partial charge < -0.3 is 14.8 Å². The lowest BCUT2D eigenvalue weighted by Crippen LogP contribution is -2.49. The molecule has 0 spiro atoms. The summed E-state index contributed by atoms with van der Waals surface area (Å²) in [6.07, 6.45) is 1.98. The average molecular weight is 365 g/mol. The van der Waals surface area contributed by atoms with Crippen molar-refractivity contribution in [2.24, 2.45) is 5.92 Å². The average Bonchev–Trinajstić information content (AvgIpc) is 2.41. The second kappa shape index (κ2) is 8.15. The first-order valence-corrected chi connectivity index (χ1v) is 9.68. The Morgan fingerprint density at radius 1 is 1.12 bits per heavy atom. The quantitative estimate of drug-likeness (QED) is 0.582. The Labute approximate surface area is 143 Å². The zero-order chi connectivity index (χ0) is 18.5. The van der Waals surface area contributed by atoms with Crippen LogP contribution >= 0.6 is 0 Å². The number of carbonyl (C=O) groups excluding carboxylic acids is 2. The highest BCUT2D eigenvalue weighted by molar-refractivity contribution is 7.86. The van der Waals surface area contributed by atoms with Crippen molar-refractivity contribution < 1.29 is 31.7 Å². The summed E-state index contributed by atoms with van der Waals surface area (Å²) >= 11 is 0. The van der Waals surface area contributed by atoms with Crippen LogP contribution in [0.1, 0.15) is 46.5 Å². The molecule has 0 saturated heterocycles. The smallest absolute Gasteiger partial charge is 0.408 e. The number of rotatable bonds is 5. The summed E-state index contributed by atoms with van der Waals surface area (Å²) in [7, 11) is -2.25. The van der Waals surface area contributed by atoms with Crippen molar-refractivity contribution in [1.29, 1.82) is 0 Å². The van der Waals surface area contributed by atoms with E-state index in [-0.39, 0.29) is 5.92 Å². The zero-order valence-electron chi connectivity index (χ0n) is 14.8. The zero-order valence-corrected chi connectivity index (χ0v) is 15.6. The second-order valence-electron chi connectivity index (χ2n) is 6.98. The van der Waals surface area contributed by atoms with Crippen molar-refractivity contribution in [1.82, 2.24) is 5.32 Å². The van der Waals surface area contributed by atoms with Gasteiger partial charge in [0.05, 0.1) is 19.5 Å². The molecule has 0 unspecified atom stereocenters. The molecule has 9 heteroatoms. The van der Waals surface area contributed by atoms with E-state index < -0.39 is 39.9 Å². The predicted molar refractivity (Wildman–Crippen MR) is 86.8 cm³/mol. The van der Waals surface area contributed by atoms with Crippen molar-refractivity contribution in [3.8, 4) is 0 Å². The van der Waals surface area contributed by atoms with Gasteiger partial charge >= 0.3 is 12.1 Å². The molecule has 0 aromatic heterocycles. The van der Waals surface area contributed by atoms with E-state index in [9.17, 15) is 18.0 Å². The maximum absolute atomic E-state index is 12.0. The predicted octanol–water partition coefficient (Wildman–Crippen LogP) is 1.59. The number of ether oxygens (including phenoxy) is 2. The minimum Gasteiger partial charge on any atom is -0.467 e. The van der Waals surface area contributed by atoms with Crippen LogP contribution in [0.3, 0.4) is 0 Å². The molecular formula is C15H27NO7S. The van der Waals surface area contributed by atoms with Crippen molar-refractivity contribution in [3.63, 3.8) is 0 Å². The Kier molecular flexibility index (Phi) is 7.03. The van der Waals surface area contributed by atoms with Crippen LogP contribution in [0, 0.1) is 5.92 Å². The van der Waals surface area contributed by atoms with Crippen LogP contribution in [0.25, 0.3) is 0 Å². The van der Waals surface area contributed by atoms with Crippen LogP contribution in [-0.4, -0.2) is 51.6 Å². The molecule has 24 heavy (non-hydrogen) atoms. The van der Waals surface area contributed by atoms with Gasteiger partial charge in [-0.25, -0.2) is 9.59 Å². The fraction of sp³-hybridized carbons (Fsp3) is 0.867. The highest BCUT2D eigenvalue weighted by Gasteiger charge is 2.36. The van der Waals surface area contributed by atoms with E-state index in [0.717, 1.165) is 6.26 Å². The van der Waals surface area contributed by atoms with Gasteiger partial charge in [-0.2, -0.15) is 8.42 Å². The number of hydrogen-bond donors (Lipinski definition) is 1. The molecule has 0 radical (unpaired) electrons. The second-order valence-corrected chi connectivity index (χ2v) is 8.58. The van der Waals surface area contributed by atoms with Gasteiger partial charge in [-0.3, -0.25) is 4.18 Å². The number of carbonyl (C=O) groups is 2. The summed E-state index contributed by atoms with van der Waals surface area (Å²) in [5, 5.41) is 2.56. The monoisotopic (exact) mass is 365 g/mol. The molecule has 140 valence electrons. The molecule has 0 aromatic carbocycles. The molecular weight excluding hydrogens is 338 g/mol. The van der Waals surface area contributed by atoms with Crippen molar-refractivity contribution in [3.05, 3.63) is 0 Å². The lowest BCUT2D eigenvalue weighted by atomic mass is 9.82. The van der Waals surface area contributed by atoms with Crippen LogP contribution in [-0.2, 0) is 28.6 Å². The maximum Gasteiger partial charge on any atom is 0.408 e. The first-order chi connectivity index (χ1) is 10.9. The van der Waals surface area contributed by atoms with Crippen molar-refractivity contribution >= 4 is 22.2 Å². The van der Waals surface area contributed by atoms with Crippen LogP contribution in [0.2, 0.25) is 0 Å². The molecule has 1 amide bonds. The first-order valence-electron chi connectivity index (χ1n) is 7.87. The van der Waals surface area contributed by atoms with Crippen LogP contribution < -0.4 is 5.32 Å². The fourth-order valence-corrected chi connectivity index (χ4v) is 3.38. The number of esters is 1. The molecule has 1 atom stereocenters. The lowest BCUT2D eigenvalue weighted by Gasteiger charge is -2.32. The van der Waals surface area contributed by atoms with Crippen LogP contribution in [0.5, 0.6) is 0 Å². The molecule has 8 nitrogen and oxygen atoms in total. The standard InChI is InChI=1S/C15H27NO7S/c1-15(2,3)22-14(18)16-12(13(17)21-4)10-6-8-11(9-7-10)23-24(5,19)20/h10-12H,6-9H2,1-5H3,(H,16,18)/t10?,11?,12-/m1/s1. The molecule has 0 aromatic rings. The maximum atomic E-state index is 12.0. The minimum absolute atomic E-state index is 0.163. The summed E-state index contributed by atoms with van der Waals surface area (Å²) in [4.78, 5) is 23.9. The molecule has 0 heterocycles. The molecule has 1 aliphatic rings. The Hall–Kier alpha value is -1.35. The Bertz CT molecular complexity index is 545. The molecule has 1 N–H and O–H groups in total. The molecule has 0 aliphatic heterocycles. The van der Waals surface area contributed by atoms with E-state index >= 15 is 0 Å². The van der Waals surface area contributed by atoms with E-state index in [1.165, 1.54) is 7.11 Å². The van der Waals surface area contributed by atoms with Gasteiger partial charge in [0.2, 0.25) is 0 Å². The molecule has 1 fully saturated rings. The number of nitrogens with one attached hydrogen (secondary N) is 1. The summed E-state index contributed by atoms with van der Waals surface area (Å²) < 4.78 is 37.3. The van der Waals surface area contributed by atoms with E-state index in [0.29, 0.717) is 25.7 Å². The van der Waals surface area contributed by atoms with E-state index in [1.807, 2.05) is 0 Å². The van der Waals surface area contributed by atoms with Gasteiger partial charge in [-0.15, -0.1) is 0 Å². The highest BCUT2D eigenvalue weighted by Crippen LogP contribution is 2.30. The summed E-state index contributed by atoms with van der Waals surface area (Å²) in [5.41, 5.74) is -0.675. The first kappa shape index (κ1) is 20.7. The Morgan fingerprint density at radius 3 is 2.08 bits per heavy atom. The van der Waals surface area contributed by atoms with Crippen LogP contribution in [0.4, 0.5) is 4.79 Å². The van der Waals surface area contributed by atoms with Gasteiger partial charge in [0.25, 0.3) is 10.1 Å². The summed E-state index contributed by atoms with van der Waals surface area (Å²) in [6, 6.07) is -0.830. The van der Waals surface area contributed by atoms with E-state index in [4.69, 9.17) is 13.7 Å². The van der Waals surface area contributed by atoms with Gasteiger partial charge in [0, 0.05) is 0 Å². The third-order valence-electron chi connectivity index (χ3n) is 3.63. The topological polar surface area (TPSA) is 108 Å². The number of alkyl carbamates (subject to hydrolysis) is 1.